The second-order valence-electron chi connectivity index (χ2n) is 10.6. The van der Waals surface area contributed by atoms with Crippen molar-refractivity contribution in [3.63, 3.8) is 0 Å². The van der Waals surface area contributed by atoms with E-state index >= 15 is 0 Å². The fraction of sp³-hybridized carbons (Fsp3) is 0. The molecule has 9 aromatic rings. The first-order valence-corrected chi connectivity index (χ1v) is 14.5. The summed E-state index contributed by atoms with van der Waals surface area (Å²) >= 11 is 0. The lowest BCUT2D eigenvalue weighted by Gasteiger charge is -2.27. The molecule has 0 radical (unpaired) electrons. The summed E-state index contributed by atoms with van der Waals surface area (Å²) in [5.74, 6) is 0. The smallest absolute Gasteiger partial charge is 0.143 e. The Morgan fingerprint density at radius 1 is 0.478 bits per heavy atom. The van der Waals surface area contributed by atoms with Crippen molar-refractivity contribution in [3.8, 4) is 22.3 Å². The number of anilines is 3. The maximum atomic E-state index is 9.66. The van der Waals surface area contributed by atoms with Crippen molar-refractivity contribution >= 4 is 60.5 Å². The maximum absolute atomic E-state index is 9.66. The van der Waals surface area contributed by atoms with E-state index in [1.165, 1.54) is 4.90 Å². The molecule has 2 nitrogen and oxygen atoms in total. The molecular formula is C44H29NO. The van der Waals surface area contributed by atoms with E-state index in [0.717, 1.165) is 10.8 Å². The van der Waals surface area contributed by atoms with E-state index < -0.39 is 118 Å². The highest BCUT2D eigenvalue weighted by atomic mass is 16.3. The summed E-state index contributed by atoms with van der Waals surface area (Å²) in [6.07, 6.45) is 0. The first-order chi connectivity index (χ1) is 29.1. The number of nitrogens with zero attached hydrogens (tertiary/aromatic N) is 1. The number of hydrogen-bond donors (Lipinski definition) is 0. The summed E-state index contributed by atoms with van der Waals surface area (Å²) in [5.41, 5.74) is -0.586. The largest absolute Gasteiger partial charge is 0.455 e. The molecule has 2 heteroatoms. The zero-order valence-electron chi connectivity index (χ0n) is 38.9. The molecule has 0 aliphatic heterocycles. The van der Waals surface area contributed by atoms with Gasteiger partial charge in [-0.25, -0.2) is 0 Å². The SMILES string of the molecule is [2H]c1c([2H])c(-c2ccccc2)c([2H])c(N(c2c([2H])c([2H])c(-c3c([2H])c([2H])c([2H])c4c([2H])c([2H])c([2H])c([2H])c34)c([2H])c2[2H])c2cccc3oc4c5ccccc5ccc4c23)c1[2H]. The third-order valence-electron chi connectivity index (χ3n) is 7.90. The van der Waals surface area contributed by atoms with Crippen LogP contribution >= 0.6 is 0 Å². The fourth-order valence-electron chi connectivity index (χ4n) is 5.81. The number of benzene rings is 8. The molecule has 0 aliphatic rings. The number of furan rings is 1. The highest BCUT2D eigenvalue weighted by Crippen LogP contribution is 2.45. The molecular weight excluding hydrogens is 558 g/mol. The monoisotopic (exact) mass is 602 g/mol. The van der Waals surface area contributed by atoms with Gasteiger partial charge in [0.05, 0.1) is 31.6 Å². The van der Waals surface area contributed by atoms with Gasteiger partial charge in [-0.3, -0.25) is 0 Å². The van der Waals surface area contributed by atoms with Gasteiger partial charge in [-0.2, -0.15) is 0 Å². The molecule has 46 heavy (non-hydrogen) atoms. The highest BCUT2D eigenvalue weighted by molar-refractivity contribution is 6.19. The van der Waals surface area contributed by atoms with Crippen molar-refractivity contribution in [2.24, 2.45) is 0 Å². The molecule has 0 amide bonds. The molecule has 0 fully saturated rings. The van der Waals surface area contributed by atoms with Crippen LogP contribution in [0.25, 0.3) is 65.7 Å². The summed E-state index contributed by atoms with van der Waals surface area (Å²) in [4.78, 5) is 1.19. The maximum Gasteiger partial charge on any atom is 0.143 e. The van der Waals surface area contributed by atoms with Crippen LogP contribution in [0.1, 0.15) is 20.6 Å². The summed E-state index contributed by atoms with van der Waals surface area (Å²) in [6, 6.07) is 14.4. The number of rotatable bonds is 5. The lowest BCUT2D eigenvalue weighted by atomic mass is 9.98. The van der Waals surface area contributed by atoms with Gasteiger partial charge < -0.3 is 9.32 Å². The molecule has 216 valence electrons. The van der Waals surface area contributed by atoms with Crippen molar-refractivity contribution in [1.82, 2.24) is 0 Å². The van der Waals surface area contributed by atoms with Crippen LogP contribution in [0.2, 0.25) is 0 Å². The summed E-state index contributed by atoms with van der Waals surface area (Å²) in [5, 5.41) is 1.77. The molecule has 9 rings (SSSR count). The minimum absolute atomic E-state index is 0.0263. The van der Waals surface area contributed by atoms with E-state index in [1.54, 1.807) is 48.5 Å². The third-order valence-corrected chi connectivity index (χ3v) is 7.90. The molecule has 0 saturated carbocycles. The second kappa shape index (κ2) is 10.8. The predicted molar refractivity (Wildman–Crippen MR) is 194 cm³/mol. The van der Waals surface area contributed by atoms with Gasteiger partial charge in [-0.05, 0) is 80.8 Å². The van der Waals surface area contributed by atoms with Gasteiger partial charge >= 0.3 is 0 Å². The van der Waals surface area contributed by atoms with Gasteiger partial charge in [0.2, 0.25) is 0 Å². The van der Waals surface area contributed by atoms with Crippen molar-refractivity contribution in [2.75, 3.05) is 4.90 Å². The van der Waals surface area contributed by atoms with Crippen LogP contribution in [0.3, 0.4) is 0 Å². The first-order valence-electron chi connectivity index (χ1n) is 22.0. The van der Waals surface area contributed by atoms with Gasteiger partial charge in [0.15, 0.2) is 0 Å². The van der Waals surface area contributed by atoms with Crippen molar-refractivity contribution in [2.45, 2.75) is 0 Å². The van der Waals surface area contributed by atoms with Crippen LogP contribution in [0.5, 0.6) is 0 Å². The molecule has 0 bridgehead atoms. The molecule has 0 aliphatic carbocycles. The third kappa shape index (κ3) is 4.35. The molecule has 0 saturated heterocycles. The van der Waals surface area contributed by atoms with Gasteiger partial charge in [-0.1, -0.05) is 133 Å². The Morgan fingerprint density at radius 2 is 1.28 bits per heavy atom. The van der Waals surface area contributed by atoms with Gasteiger partial charge in [-0.15, -0.1) is 0 Å². The standard InChI is InChI=1S/C44H29NO/c1-2-11-30(12-3-1)34-16-8-17-36(29-34)45(35-26-23-33(24-27-35)38-20-9-15-31-13-4-6-18-37(31)38)41-21-10-22-42-43(41)40-28-25-32-14-5-7-19-39(32)44(40)46-42/h1-29H/i4D,6D,8D,9D,13D,15D,16D,17D,18D,20D,23D,24D,26D,27D,29D. The first kappa shape index (κ1) is 15.2. The predicted octanol–water partition coefficient (Wildman–Crippen LogP) is 12.7. The average Bonchev–Trinajstić information content (AvgIpc) is 3.66. The van der Waals surface area contributed by atoms with Gasteiger partial charge in [0, 0.05) is 22.1 Å². The Hall–Kier alpha value is -6.12. The van der Waals surface area contributed by atoms with Crippen LogP contribution in [0.15, 0.2) is 180 Å². The van der Waals surface area contributed by atoms with Gasteiger partial charge in [0.1, 0.15) is 11.2 Å². The summed E-state index contributed by atoms with van der Waals surface area (Å²) in [6.45, 7) is 0. The van der Waals surface area contributed by atoms with Crippen molar-refractivity contribution in [1.29, 1.82) is 0 Å². The molecule has 8 aromatic carbocycles. The van der Waals surface area contributed by atoms with E-state index in [9.17, 15) is 8.22 Å². The van der Waals surface area contributed by atoms with Gasteiger partial charge in [0.25, 0.3) is 0 Å². The Labute approximate surface area is 288 Å². The van der Waals surface area contributed by atoms with E-state index in [1.807, 2.05) is 36.4 Å². The Morgan fingerprint density at radius 3 is 2.20 bits per heavy atom. The lowest BCUT2D eigenvalue weighted by molar-refractivity contribution is 0.672. The number of fused-ring (bicyclic) bond motifs is 6. The number of hydrogen-bond acceptors (Lipinski definition) is 2. The molecule has 1 heterocycles. The molecule has 0 spiro atoms. The molecule has 0 N–H and O–H groups in total. The molecule has 1 aromatic heterocycles. The van der Waals surface area contributed by atoms with Crippen LogP contribution in [0, 0.1) is 0 Å². The lowest BCUT2D eigenvalue weighted by Crippen LogP contribution is -2.10. The van der Waals surface area contributed by atoms with Crippen molar-refractivity contribution in [3.05, 3.63) is 176 Å². The minimum atomic E-state index is -0.792. The fourth-order valence-corrected chi connectivity index (χ4v) is 5.81. The van der Waals surface area contributed by atoms with E-state index in [2.05, 4.69) is 0 Å². The van der Waals surface area contributed by atoms with Crippen LogP contribution in [-0.2, 0) is 0 Å². The van der Waals surface area contributed by atoms with E-state index in [-0.39, 0.29) is 16.9 Å². The topological polar surface area (TPSA) is 16.4 Å². The highest BCUT2D eigenvalue weighted by Gasteiger charge is 2.21. The summed E-state index contributed by atoms with van der Waals surface area (Å²) < 4.78 is 142. The normalized spacial score (nSPS) is 16.0. The Balaban J connectivity index is 1.45. The molecule has 0 atom stereocenters. The second-order valence-corrected chi connectivity index (χ2v) is 10.6. The van der Waals surface area contributed by atoms with Crippen LogP contribution < -0.4 is 4.90 Å². The van der Waals surface area contributed by atoms with Crippen molar-refractivity contribution < 1.29 is 25.0 Å². The van der Waals surface area contributed by atoms with E-state index in [0.29, 0.717) is 27.5 Å². The zero-order chi connectivity index (χ0) is 43.5. The quantitative estimate of drug-likeness (QED) is 0.195. The Bertz CT molecular complexity index is 3350. The molecule has 0 unspecified atom stereocenters. The average molecular weight is 603 g/mol. The summed E-state index contributed by atoms with van der Waals surface area (Å²) in [7, 11) is 0. The van der Waals surface area contributed by atoms with E-state index in [4.69, 9.17) is 16.8 Å². The van der Waals surface area contributed by atoms with Crippen LogP contribution in [-0.4, -0.2) is 0 Å². The Kier molecular flexibility index (Phi) is 3.58. The zero-order valence-corrected chi connectivity index (χ0v) is 23.9. The minimum Gasteiger partial charge on any atom is -0.455 e. The van der Waals surface area contributed by atoms with Crippen LogP contribution in [0.4, 0.5) is 17.1 Å².